The molecular formula is C11H19N3S. The van der Waals surface area contributed by atoms with Crippen molar-refractivity contribution in [1.82, 2.24) is 4.98 Å². The highest BCUT2D eigenvalue weighted by molar-refractivity contribution is 7.13. The number of rotatable bonds is 3. The number of nitrogens with one attached hydrogen (secondary N) is 1. The minimum atomic E-state index is 0.102. The van der Waals surface area contributed by atoms with Crippen LogP contribution in [0.25, 0.3) is 0 Å². The van der Waals surface area contributed by atoms with Gasteiger partial charge in [-0.2, -0.15) is 0 Å². The standard InChI is InChI=1S/C11H19N3S/c1-9-2-4-11(8-12,5-3-9)14-10-13-6-7-15-10/h6-7,9H,2-5,8,12H2,1H3,(H,13,14). The SMILES string of the molecule is CC1CCC(CN)(Nc2nccs2)CC1. The molecule has 3 N–H and O–H groups in total. The smallest absolute Gasteiger partial charge is 0.183 e. The van der Waals surface area contributed by atoms with E-state index in [2.05, 4.69) is 17.2 Å². The first kappa shape index (κ1) is 10.9. The lowest BCUT2D eigenvalue weighted by atomic mass is 9.77. The monoisotopic (exact) mass is 225 g/mol. The summed E-state index contributed by atoms with van der Waals surface area (Å²) in [6.07, 6.45) is 6.72. The molecule has 1 heterocycles. The first-order valence-corrected chi connectivity index (χ1v) is 6.50. The summed E-state index contributed by atoms with van der Waals surface area (Å²) in [5.74, 6) is 0.850. The Bertz CT molecular complexity index is 289. The van der Waals surface area contributed by atoms with Crippen molar-refractivity contribution in [2.75, 3.05) is 11.9 Å². The first-order valence-electron chi connectivity index (χ1n) is 5.62. The zero-order valence-electron chi connectivity index (χ0n) is 9.20. The Labute approximate surface area is 95.1 Å². The molecule has 4 heteroatoms. The Morgan fingerprint density at radius 1 is 1.60 bits per heavy atom. The Morgan fingerprint density at radius 2 is 2.33 bits per heavy atom. The van der Waals surface area contributed by atoms with Gasteiger partial charge in [-0.3, -0.25) is 0 Å². The minimum Gasteiger partial charge on any atom is -0.355 e. The molecule has 1 aliphatic rings. The van der Waals surface area contributed by atoms with Crippen molar-refractivity contribution in [3.05, 3.63) is 11.6 Å². The molecule has 0 unspecified atom stereocenters. The number of nitrogens with zero attached hydrogens (tertiary/aromatic N) is 1. The van der Waals surface area contributed by atoms with E-state index in [-0.39, 0.29) is 5.54 Å². The van der Waals surface area contributed by atoms with Gasteiger partial charge in [-0.15, -0.1) is 11.3 Å². The maximum Gasteiger partial charge on any atom is 0.183 e. The molecule has 0 amide bonds. The highest BCUT2D eigenvalue weighted by Crippen LogP contribution is 2.34. The number of aromatic nitrogens is 1. The molecule has 84 valence electrons. The third kappa shape index (κ3) is 2.49. The molecule has 1 aliphatic carbocycles. The molecule has 0 bridgehead atoms. The van der Waals surface area contributed by atoms with Gasteiger partial charge in [0.05, 0.1) is 5.54 Å². The number of thiazole rings is 1. The summed E-state index contributed by atoms with van der Waals surface area (Å²) >= 11 is 1.65. The predicted molar refractivity (Wildman–Crippen MR) is 65.2 cm³/mol. The molecule has 1 fully saturated rings. The van der Waals surface area contributed by atoms with Crippen LogP contribution < -0.4 is 11.1 Å². The lowest BCUT2D eigenvalue weighted by molar-refractivity contribution is 0.271. The molecule has 3 nitrogen and oxygen atoms in total. The normalized spacial score (nSPS) is 31.5. The van der Waals surface area contributed by atoms with Gasteiger partial charge < -0.3 is 11.1 Å². The Hall–Kier alpha value is -0.610. The summed E-state index contributed by atoms with van der Waals surface area (Å²) in [6.45, 7) is 3.03. The van der Waals surface area contributed by atoms with Crippen LogP contribution in [0.5, 0.6) is 0 Å². The summed E-state index contributed by atoms with van der Waals surface area (Å²) in [5, 5.41) is 6.53. The van der Waals surface area contributed by atoms with E-state index in [1.54, 1.807) is 11.3 Å². The average molecular weight is 225 g/mol. The average Bonchev–Trinajstić information content (AvgIpc) is 2.75. The molecule has 0 aliphatic heterocycles. The number of hydrogen-bond acceptors (Lipinski definition) is 4. The zero-order chi connectivity index (χ0) is 10.7. The largest absolute Gasteiger partial charge is 0.355 e. The van der Waals surface area contributed by atoms with E-state index in [1.165, 1.54) is 25.7 Å². The van der Waals surface area contributed by atoms with Crippen LogP contribution in [0.3, 0.4) is 0 Å². The summed E-state index contributed by atoms with van der Waals surface area (Å²) in [6, 6.07) is 0. The minimum absolute atomic E-state index is 0.102. The van der Waals surface area contributed by atoms with Crippen LogP contribution in [0, 0.1) is 5.92 Å². The van der Waals surface area contributed by atoms with Gasteiger partial charge >= 0.3 is 0 Å². The molecule has 0 aromatic carbocycles. The van der Waals surface area contributed by atoms with Crippen molar-refractivity contribution in [2.24, 2.45) is 11.7 Å². The second-order valence-corrected chi connectivity index (χ2v) is 5.52. The van der Waals surface area contributed by atoms with Crippen LogP contribution in [-0.4, -0.2) is 17.1 Å². The molecule has 1 aromatic rings. The van der Waals surface area contributed by atoms with Crippen molar-refractivity contribution in [3.8, 4) is 0 Å². The number of nitrogens with two attached hydrogens (primary N) is 1. The van der Waals surface area contributed by atoms with Gasteiger partial charge in [-0.1, -0.05) is 6.92 Å². The highest BCUT2D eigenvalue weighted by atomic mass is 32.1. The van der Waals surface area contributed by atoms with Crippen molar-refractivity contribution >= 4 is 16.5 Å². The van der Waals surface area contributed by atoms with E-state index in [0.717, 1.165) is 11.0 Å². The molecular weight excluding hydrogens is 206 g/mol. The number of anilines is 1. The fraction of sp³-hybridized carbons (Fsp3) is 0.727. The first-order chi connectivity index (χ1) is 7.24. The molecule has 15 heavy (non-hydrogen) atoms. The van der Waals surface area contributed by atoms with E-state index in [1.807, 2.05) is 11.6 Å². The molecule has 0 atom stereocenters. The van der Waals surface area contributed by atoms with Crippen LogP contribution >= 0.6 is 11.3 Å². The van der Waals surface area contributed by atoms with Gasteiger partial charge in [-0.25, -0.2) is 4.98 Å². The second kappa shape index (κ2) is 4.49. The lowest BCUT2D eigenvalue weighted by Gasteiger charge is -2.39. The van der Waals surface area contributed by atoms with Crippen LogP contribution in [0.15, 0.2) is 11.6 Å². The van der Waals surface area contributed by atoms with Gasteiger partial charge in [0.15, 0.2) is 5.13 Å². The van der Waals surface area contributed by atoms with Crippen LogP contribution in [0.4, 0.5) is 5.13 Å². The van der Waals surface area contributed by atoms with Gasteiger partial charge in [0.25, 0.3) is 0 Å². The van der Waals surface area contributed by atoms with Crippen molar-refractivity contribution < 1.29 is 0 Å². The molecule has 2 rings (SSSR count). The van der Waals surface area contributed by atoms with Crippen molar-refractivity contribution in [1.29, 1.82) is 0 Å². The Morgan fingerprint density at radius 3 is 2.87 bits per heavy atom. The van der Waals surface area contributed by atoms with E-state index in [0.29, 0.717) is 6.54 Å². The predicted octanol–water partition coefficient (Wildman–Crippen LogP) is 2.46. The highest BCUT2D eigenvalue weighted by Gasteiger charge is 2.33. The maximum absolute atomic E-state index is 5.91. The van der Waals surface area contributed by atoms with Crippen molar-refractivity contribution in [2.45, 2.75) is 38.1 Å². The van der Waals surface area contributed by atoms with Gasteiger partial charge in [0, 0.05) is 18.1 Å². The Balaban J connectivity index is 2.02. The van der Waals surface area contributed by atoms with Gasteiger partial charge in [-0.05, 0) is 31.6 Å². The fourth-order valence-corrected chi connectivity index (χ4v) is 2.85. The summed E-state index contributed by atoms with van der Waals surface area (Å²) in [7, 11) is 0. The third-order valence-corrected chi connectivity index (χ3v) is 4.12. The third-order valence-electron chi connectivity index (χ3n) is 3.43. The molecule has 1 aromatic heterocycles. The van der Waals surface area contributed by atoms with E-state index in [4.69, 9.17) is 5.73 Å². The summed E-state index contributed by atoms with van der Waals surface area (Å²) in [5.41, 5.74) is 6.02. The van der Waals surface area contributed by atoms with Crippen LogP contribution in [-0.2, 0) is 0 Å². The summed E-state index contributed by atoms with van der Waals surface area (Å²) in [4.78, 5) is 4.27. The zero-order valence-corrected chi connectivity index (χ0v) is 10.0. The molecule has 0 radical (unpaired) electrons. The van der Waals surface area contributed by atoms with Crippen LogP contribution in [0.2, 0.25) is 0 Å². The van der Waals surface area contributed by atoms with E-state index in [9.17, 15) is 0 Å². The van der Waals surface area contributed by atoms with Crippen molar-refractivity contribution in [3.63, 3.8) is 0 Å². The van der Waals surface area contributed by atoms with E-state index >= 15 is 0 Å². The number of hydrogen-bond donors (Lipinski definition) is 2. The quantitative estimate of drug-likeness (QED) is 0.831. The molecule has 0 saturated heterocycles. The fourth-order valence-electron chi connectivity index (χ4n) is 2.21. The van der Waals surface area contributed by atoms with Gasteiger partial charge in [0.1, 0.15) is 0 Å². The van der Waals surface area contributed by atoms with Crippen LogP contribution in [0.1, 0.15) is 32.6 Å². The lowest BCUT2D eigenvalue weighted by Crippen LogP contribution is -2.48. The molecule has 1 saturated carbocycles. The topological polar surface area (TPSA) is 50.9 Å². The second-order valence-electron chi connectivity index (χ2n) is 4.63. The summed E-state index contributed by atoms with van der Waals surface area (Å²) < 4.78 is 0. The Kier molecular flexibility index (Phi) is 3.26. The maximum atomic E-state index is 5.91. The van der Waals surface area contributed by atoms with Gasteiger partial charge in [0.2, 0.25) is 0 Å². The molecule has 0 spiro atoms. The van der Waals surface area contributed by atoms with E-state index < -0.39 is 0 Å².